The van der Waals surface area contributed by atoms with E-state index in [2.05, 4.69) is 18.4 Å². The predicted octanol–water partition coefficient (Wildman–Crippen LogP) is 3.76. The van der Waals surface area contributed by atoms with E-state index >= 15 is 0 Å². The molecule has 2 heterocycles. The summed E-state index contributed by atoms with van der Waals surface area (Å²) >= 11 is 0. The maximum atomic E-state index is 14.2. The zero-order valence-corrected chi connectivity index (χ0v) is 19.6. The molecule has 0 unspecified atom stereocenters. The number of halogens is 1. The van der Waals surface area contributed by atoms with E-state index in [-0.39, 0.29) is 11.7 Å². The van der Waals surface area contributed by atoms with E-state index in [1.807, 2.05) is 17.9 Å². The van der Waals surface area contributed by atoms with Gasteiger partial charge in [0, 0.05) is 31.7 Å². The first-order valence-corrected chi connectivity index (χ1v) is 12.0. The summed E-state index contributed by atoms with van der Waals surface area (Å²) in [5, 5.41) is 0. The van der Waals surface area contributed by atoms with Crippen molar-refractivity contribution in [3.8, 4) is 6.01 Å². The van der Waals surface area contributed by atoms with Crippen molar-refractivity contribution in [1.29, 1.82) is 0 Å². The van der Waals surface area contributed by atoms with Gasteiger partial charge in [-0.25, -0.2) is 4.39 Å². The second-order valence-corrected chi connectivity index (χ2v) is 8.75. The summed E-state index contributed by atoms with van der Waals surface area (Å²) in [7, 11) is 0. The molecule has 1 aromatic carbocycles. The van der Waals surface area contributed by atoms with Gasteiger partial charge in [0.05, 0.1) is 12.3 Å². The Kier molecular flexibility index (Phi) is 7.26. The van der Waals surface area contributed by atoms with Gasteiger partial charge in [0.2, 0.25) is 5.91 Å². The molecule has 0 saturated carbocycles. The van der Waals surface area contributed by atoms with Gasteiger partial charge in [-0.2, -0.15) is 9.97 Å². The van der Waals surface area contributed by atoms with Crippen LogP contribution >= 0.6 is 0 Å². The third-order valence-corrected chi connectivity index (χ3v) is 6.75. The van der Waals surface area contributed by atoms with Crippen LogP contribution in [-0.2, 0) is 30.5 Å². The molecule has 1 amide bonds. The van der Waals surface area contributed by atoms with E-state index in [9.17, 15) is 9.18 Å². The number of carbonyl (C=O) groups excluding carboxylic acids is 1. The summed E-state index contributed by atoms with van der Waals surface area (Å²) in [5.74, 6) is 1.21. The number of rotatable bonds is 7. The number of aromatic nitrogens is 2. The van der Waals surface area contributed by atoms with Crippen molar-refractivity contribution < 1.29 is 13.9 Å². The molecule has 6 nitrogen and oxygen atoms in total. The molecule has 4 rings (SSSR count). The lowest BCUT2D eigenvalue weighted by molar-refractivity contribution is -0.126. The Hall–Kier alpha value is -2.96. The monoisotopic (exact) mass is 452 g/mol. The molecule has 1 aliphatic heterocycles. The van der Waals surface area contributed by atoms with Crippen LogP contribution in [0.3, 0.4) is 0 Å². The minimum absolute atomic E-state index is 0.0298. The molecule has 0 N–H and O–H groups in total. The summed E-state index contributed by atoms with van der Waals surface area (Å²) in [4.78, 5) is 25.6. The number of anilines is 1. The molecular formula is C26H33FN4O2. The van der Waals surface area contributed by atoms with Crippen LogP contribution in [0.1, 0.15) is 42.7 Å². The SMILES string of the molecule is C=CC(=O)N1CCN(c2nc(OCC)nc(C[C@@H]3CCc4c(F)cccc4C3)c2CC)CC1. The lowest BCUT2D eigenvalue weighted by Crippen LogP contribution is -2.49. The van der Waals surface area contributed by atoms with Crippen LogP contribution < -0.4 is 9.64 Å². The van der Waals surface area contributed by atoms with Gasteiger partial charge in [0.25, 0.3) is 0 Å². The number of piperazine rings is 1. The number of carbonyl (C=O) groups is 1. The average molecular weight is 453 g/mol. The Morgan fingerprint density at radius 3 is 2.73 bits per heavy atom. The van der Waals surface area contributed by atoms with Crippen molar-refractivity contribution in [2.24, 2.45) is 5.92 Å². The van der Waals surface area contributed by atoms with Crippen molar-refractivity contribution in [1.82, 2.24) is 14.9 Å². The predicted molar refractivity (Wildman–Crippen MR) is 127 cm³/mol. The van der Waals surface area contributed by atoms with Crippen LogP contribution in [0.2, 0.25) is 0 Å². The fourth-order valence-corrected chi connectivity index (χ4v) is 5.03. The summed E-state index contributed by atoms with van der Waals surface area (Å²) in [6.07, 6.45) is 5.59. The van der Waals surface area contributed by atoms with Gasteiger partial charge in [-0.1, -0.05) is 25.6 Å². The fourth-order valence-electron chi connectivity index (χ4n) is 5.03. The Morgan fingerprint density at radius 2 is 2.03 bits per heavy atom. The minimum atomic E-state index is -0.0859. The normalized spacial score (nSPS) is 18.1. The van der Waals surface area contributed by atoms with Gasteiger partial charge >= 0.3 is 6.01 Å². The van der Waals surface area contributed by atoms with Gasteiger partial charge in [0.1, 0.15) is 11.6 Å². The number of benzene rings is 1. The van der Waals surface area contributed by atoms with Crippen LogP contribution in [-0.4, -0.2) is 53.6 Å². The van der Waals surface area contributed by atoms with Crippen LogP contribution in [0.15, 0.2) is 30.9 Å². The lowest BCUT2D eigenvalue weighted by atomic mass is 9.81. The molecule has 1 atom stereocenters. The first-order valence-electron chi connectivity index (χ1n) is 12.0. The molecule has 2 aliphatic rings. The van der Waals surface area contributed by atoms with Crippen LogP contribution in [0.5, 0.6) is 6.01 Å². The topological polar surface area (TPSA) is 58.6 Å². The second-order valence-electron chi connectivity index (χ2n) is 8.75. The number of ether oxygens (including phenoxy) is 1. The Labute approximate surface area is 195 Å². The number of amides is 1. The van der Waals surface area contributed by atoms with E-state index in [0.717, 1.165) is 60.3 Å². The highest BCUT2D eigenvalue weighted by molar-refractivity contribution is 5.87. The highest BCUT2D eigenvalue weighted by Gasteiger charge is 2.27. The van der Waals surface area contributed by atoms with Crippen LogP contribution in [0.4, 0.5) is 10.2 Å². The third-order valence-electron chi connectivity index (χ3n) is 6.75. The van der Waals surface area contributed by atoms with Crippen molar-refractivity contribution in [3.05, 3.63) is 59.1 Å². The van der Waals surface area contributed by atoms with Crippen molar-refractivity contribution in [2.75, 3.05) is 37.7 Å². The first kappa shape index (κ1) is 23.2. The first-order chi connectivity index (χ1) is 16.0. The molecule has 33 heavy (non-hydrogen) atoms. The van der Waals surface area contributed by atoms with E-state index in [1.54, 1.807) is 12.1 Å². The van der Waals surface area contributed by atoms with E-state index in [0.29, 0.717) is 44.7 Å². The summed E-state index contributed by atoms with van der Waals surface area (Å²) < 4.78 is 19.9. The highest BCUT2D eigenvalue weighted by Crippen LogP contribution is 2.32. The summed E-state index contributed by atoms with van der Waals surface area (Å²) in [6, 6.07) is 5.82. The number of nitrogens with zero attached hydrogens (tertiary/aromatic N) is 4. The zero-order valence-electron chi connectivity index (χ0n) is 19.6. The molecule has 7 heteroatoms. The quantitative estimate of drug-likeness (QED) is 0.599. The largest absolute Gasteiger partial charge is 0.464 e. The second kappa shape index (κ2) is 10.3. The van der Waals surface area contributed by atoms with E-state index in [1.165, 1.54) is 6.08 Å². The van der Waals surface area contributed by atoms with Crippen LogP contribution in [0, 0.1) is 11.7 Å². The Morgan fingerprint density at radius 1 is 1.24 bits per heavy atom. The minimum Gasteiger partial charge on any atom is -0.464 e. The standard InChI is InChI=1S/C26H33FN4O2/c1-4-20-23(17-18-10-11-21-19(16-18)8-7-9-22(21)27)28-26(33-6-3)29-25(20)31-14-12-30(13-15-31)24(32)5-2/h5,7-9,18H,2,4,6,10-17H2,1,3H3/t18-/m1/s1. The number of hydrogen-bond donors (Lipinski definition) is 0. The molecule has 1 aliphatic carbocycles. The summed E-state index contributed by atoms with van der Waals surface area (Å²) in [6.45, 7) is 10.9. The zero-order chi connectivity index (χ0) is 23.4. The Balaban J connectivity index is 1.58. The molecule has 1 fully saturated rings. The van der Waals surface area contributed by atoms with Crippen molar-refractivity contribution in [3.63, 3.8) is 0 Å². The Bertz CT molecular complexity index is 1020. The van der Waals surface area contributed by atoms with E-state index in [4.69, 9.17) is 14.7 Å². The lowest BCUT2D eigenvalue weighted by Gasteiger charge is -2.36. The molecule has 1 aromatic heterocycles. The van der Waals surface area contributed by atoms with Crippen molar-refractivity contribution in [2.45, 2.75) is 46.0 Å². The fraction of sp³-hybridized carbons (Fsp3) is 0.500. The van der Waals surface area contributed by atoms with E-state index < -0.39 is 0 Å². The van der Waals surface area contributed by atoms with Gasteiger partial charge in [0.15, 0.2) is 0 Å². The van der Waals surface area contributed by atoms with Gasteiger partial charge in [-0.3, -0.25) is 4.79 Å². The maximum Gasteiger partial charge on any atom is 0.318 e. The summed E-state index contributed by atoms with van der Waals surface area (Å²) in [5.41, 5.74) is 4.16. The van der Waals surface area contributed by atoms with Gasteiger partial charge < -0.3 is 14.5 Å². The van der Waals surface area contributed by atoms with Crippen LogP contribution in [0.25, 0.3) is 0 Å². The van der Waals surface area contributed by atoms with Gasteiger partial charge in [-0.05, 0) is 68.2 Å². The number of hydrogen-bond acceptors (Lipinski definition) is 5. The molecule has 0 radical (unpaired) electrons. The van der Waals surface area contributed by atoms with Gasteiger partial charge in [-0.15, -0.1) is 0 Å². The molecule has 176 valence electrons. The molecule has 0 bridgehead atoms. The molecular weight excluding hydrogens is 419 g/mol. The average Bonchev–Trinajstić information content (AvgIpc) is 2.84. The number of fused-ring (bicyclic) bond motifs is 1. The smallest absolute Gasteiger partial charge is 0.318 e. The molecule has 1 saturated heterocycles. The molecule has 2 aromatic rings. The third kappa shape index (κ3) is 5.02. The molecule has 0 spiro atoms. The highest BCUT2D eigenvalue weighted by atomic mass is 19.1. The van der Waals surface area contributed by atoms with Crippen molar-refractivity contribution >= 4 is 11.7 Å². The maximum absolute atomic E-state index is 14.2.